The van der Waals surface area contributed by atoms with Crippen LogP contribution in [0, 0.1) is 0 Å². The Hall–Kier alpha value is -2.66. The SMILES string of the molecule is O=C(CN1CCCC1c1cc(C(F)(F)F)c(=O)[nH]n1)N1CCN(c2ccc(Cl)cn2)CC1. The first-order valence-corrected chi connectivity index (χ1v) is 10.7. The van der Waals surface area contributed by atoms with Gasteiger partial charge in [0.25, 0.3) is 5.56 Å². The normalized spacial score (nSPS) is 20.1. The van der Waals surface area contributed by atoms with Crippen molar-refractivity contribution >= 4 is 23.3 Å². The molecule has 12 heteroatoms. The lowest BCUT2D eigenvalue weighted by atomic mass is 10.1. The summed E-state index contributed by atoms with van der Waals surface area (Å²) in [5, 5.41) is 6.33. The van der Waals surface area contributed by atoms with Crippen molar-refractivity contribution in [3.05, 3.63) is 51.0 Å². The van der Waals surface area contributed by atoms with Gasteiger partial charge in [-0.25, -0.2) is 10.1 Å². The predicted molar refractivity (Wildman–Crippen MR) is 111 cm³/mol. The summed E-state index contributed by atoms with van der Waals surface area (Å²) in [5.41, 5.74) is -2.41. The largest absolute Gasteiger partial charge is 0.421 e. The number of alkyl halides is 3. The van der Waals surface area contributed by atoms with Crippen molar-refractivity contribution < 1.29 is 18.0 Å². The van der Waals surface area contributed by atoms with Crippen LogP contribution in [0.3, 0.4) is 0 Å². The number of halogens is 4. The minimum absolute atomic E-state index is 0.0823. The molecule has 8 nitrogen and oxygen atoms in total. The van der Waals surface area contributed by atoms with Crippen LogP contribution in [0.25, 0.3) is 0 Å². The fraction of sp³-hybridized carbons (Fsp3) is 0.500. The average Bonchev–Trinajstić information content (AvgIpc) is 3.22. The van der Waals surface area contributed by atoms with Crippen LogP contribution in [0.5, 0.6) is 0 Å². The predicted octanol–water partition coefficient (Wildman–Crippen LogP) is 2.32. The van der Waals surface area contributed by atoms with Crippen molar-refractivity contribution in [1.82, 2.24) is 25.0 Å². The third kappa shape index (κ3) is 4.88. The zero-order valence-corrected chi connectivity index (χ0v) is 17.9. The van der Waals surface area contributed by atoms with Gasteiger partial charge >= 0.3 is 6.18 Å². The zero-order chi connectivity index (χ0) is 22.9. The van der Waals surface area contributed by atoms with E-state index >= 15 is 0 Å². The molecule has 2 aliphatic heterocycles. The summed E-state index contributed by atoms with van der Waals surface area (Å²) in [6, 6.07) is 3.95. The van der Waals surface area contributed by atoms with Gasteiger partial charge in [0.1, 0.15) is 11.4 Å². The fourth-order valence-electron chi connectivity index (χ4n) is 4.17. The number of hydrogen-bond donors (Lipinski definition) is 1. The second-order valence-corrected chi connectivity index (χ2v) is 8.30. The number of likely N-dealkylation sites (tertiary alicyclic amines) is 1. The van der Waals surface area contributed by atoms with E-state index in [1.165, 1.54) is 0 Å². The van der Waals surface area contributed by atoms with Crippen molar-refractivity contribution in [1.29, 1.82) is 0 Å². The molecule has 0 spiro atoms. The number of amides is 1. The number of hydrogen-bond acceptors (Lipinski definition) is 6. The highest BCUT2D eigenvalue weighted by Gasteiger charge is 2.37. The summed E-state index contributed by atoms with van der Waals surface area (Å²) in [6.07, 6.45) is -1.88. The Balaban J connectivity index is 1.38. The number of aromatic nitrogens is 3. The van der Waals surface area contributed by atoms with Gasteiger partial charge in [0.15, 0.2) is 0 Å². The van der Waals surface area contributed by atoms with Crippen LogP contribution in [-0.4, -0.2) is 70.2 Å². The van der Waals surface area contributed by atoms with Crippen LogP contribution in [0.2, 0.25) is 5.02 Å². The summed E-state index contributed by atoms with van der Waals surface area (Å²) in [6.45, 7) is 2.97. The van der Waals surface area contributed by atoms with Crippen molar-refractivity contribution in [3.8, 4) is 0 Å². The molecule has 0 bridgehead atoms. The van der Waals surface area contributed by atoms with E-state index in [2.05, 4.69) is 15.0 Å². The molecule has 32 heavy (non-hydrogen) atoms. The molecular weight excluding hydrogens is 449 g/mol. The Kier molecular flexibility index (Phi) is 6.38. The first kappa shape index (κ1) is 22.5. The van der Waals surface area contributed by atoms with Gasteiger partial charge in [-0.15, -0.1) is 0 Å². The van der Waals surface area contributed by atoms with Gasteiger partial charge in [0.2, 0.25) is 5.91 Å². The molecule has 2 aromatic heterocycles. The number of aromatic amines is 1. The maximum atomic E-state index is 13.1. The van der Waals surface area contributed by atoms with E-state index in [4.69, 9.17) is 11.6 Å². The molecular formula is C20H22ClF3N6O2. The summed E-state index contributed by atoms with van der Waals surface area (Å²) >= 11 is 5.87. The van der Waals surface area contributed by atoms with Gasteiger partial charge in [0.05, 0.1) is 23.3 Å². The second kappa shape index (κ2) is 9.07. The average molecular weight is 471 g/mol. The number of H-pyrrole nitrogens is 1. The highest BCUT2D eigenvalue weighted by Crippen LogP contribution is 2.33. The van der Waals surface area contributed by atoms with Crippen molar-refractivity contribution in [2.45, 2.75) is 25.1 Å². The van der Waals surface area contributed by atoms with Gasteiger partial charge in [-0.05, 0) is 37.6 Å². The molecule has 2 aromatic rings. The van der Waals surface area contributed by atoms with E-state index in [1.54, 1.807) is 17.2 Å². The number of piperazine rings is 1. The molecule has 1 atom stereocenters. The summed E-state index contributed by atoms with van der Waals surface area (Å²) < 4.78 is 39.3. The molecule has 2 saturated heterocycles. The lowest BCUT2D eigenvalue weighted by molar-refractivity contribution is -0.139. The Morgan fingerprint density at radius 1 is 1.19 bits per heavy atom. The Bertz CT molecular complexity index is 1020. The molecule has 0 aliphatic carbocycles. The quantitative estimate of drug-likeness (QED) is 0.738. The molecule has 0 radical (unpaired) electrons. The van der Waals surface area contributed by atoms with E-state index in [0.717, 1.165) is 18.3 Å². The van der Waals surface area contributed by atoms with E-state index in [0.29, 0.717) is 44.2 Å². The molecule has 4 heterocycles. The van der Waals surface area contributed by atoms with Gasteiger partial charge < -0.3 is 9.80 Å². The van der Waals surface area contributed by atoms with Crippen LogP contribution in [0.15, 0.2) is 29.2 Å². The third-order valence-electron chi connectivity index (χ3n) is 5.84. The fourth-order valence-corrected chi connectivity index (χ4v) is 4.28. The van der Waals surface area contributed by atoms with Gasteiger partial charge in [-0.3, -0.25) is 14.5 Å². The van der Waals surface area contributed by atoms with Gasteiger partial charge in [0, 0.05) is 32.4 Å². The molecule has 4 rings (SSSR count). The van der Waals surface area contributed by atoms with Crippen molar-refractivity contribution in [2.24, 2.45) is 0 Å². The van der Waals surface area contributed by atoms with Crippen molar-refractivity contribution in [2.75, 3.05) is 44.2 Å². The molecule has 2 aliphatic rings. The number of rotatable bonds is 4. The van der Waals surface area contributed by atoms with Crippen LogP contribution in [0.4, 0.5) is 19.0 Å². The lowest BCUT2D eigenvalue weighted by Crippen LogP contribution is -2.51. The number of nitrogens with zero attached hydrogens (tertiary/aromatic N) is 5. The minimum Gasteiger partial charge on any atom is -0.353 e. The molecule has 2 fully saturated rings. The molecule has 1 unspecified atom stereocenters. The van der Waals surface area contributed by atoms with Crippen LogP contribution < -0.4 is 10.5 Å². The third-order valence-corrected chi connectivity index (χ3v) is 6.06. The maximum absolute atomic E-state index is 13.1. The van der Waals surface area contributed by atoms with E-state index in [-0.39, 0.29) is 18.1 Å². The van der Waals surface area contributed by atoms with Gasteiger partial charge in [-0.2, -0.15) is 18.3 Å². The smallest absolute Gasteiger partial charge is 0.353 e. The topological polar surface area (TPSA) is 85.4 Å². The molecule has 0 aromatic carbocycles. The molecule has 1 amide bonds. The molecule has 1 N–H and O–H groups in total. The first-order chi connectivity index (χ1) is 15.2. The highest BCUT2D eigenvalue weighted by atomic mass is 35.5. The molecule has 172 valence electrons. The second-order valence-electron chi connectivity index (χ2n) is 7.86. The summed E-state index contributed by atoms with van der Waals surface area (Å²) in [4.78, 5) is 34.3. The highest BCUT2D eigenvalue weighted by molar-refractivity contribution is 6.30. The summed E-state index contributed by atoms with van der Waals surface area (Å²) in [7, 11) is 0. The lowest BCUT2D eigenvalue weighted by Gasteiger charge is -2.36. The molecule has 0 saturated carbocycles. The number of nitrogens with one attached hydrogen (secondary N) is 1. The van der Waals surface area contributed by atoms with Crippen LogP contribution in [-0.2, 0) is 11.0 Å². The Labute approximate surface area is 187 Å². The Morgan fingerprint density at radius 3 is 2.59 bits per heavy atom. The first-order valence-electron chi connectivity index (χ1n) is 10.3. The van der Waals surface area contributed by atoms with Crippen LogP contribution in [0.1, 0.15) is 30.1 Å². The minimum atomic E-state index is -4.76. The number of carbonyl (C=O) groups is 1. The standard InChI is InChI=1S/C20H22ClF3N6O2/c21-13-3-4-17(25-11-13)28-6-8-29(9-7-28)18(31)12-30-5-1-2-16(30)15-10-14(20(22,23)24)19(32)27-26-15/h3-4,10-11,16H,1-2,5-9,12H2,(H,27,32). The summed E-state index contributed by atoms with van der Waals surface area (Å²) in [5.74, 6) is 0.715. The maximum Gasteiger partial charge on any atom is 0.421 e. The number of carbonyl (C=O) groups excluding carboxylic acids is 1. The van der Waals surface area contributed by atoms with Crippen molar-refractivity contribution in [3.63, 3.8) is 0 Å². The zero-order valence-electron chi connectivity index (χ0n) is 17.1. The Morgan fingerprint density at radius 2 is 1.94 bits per heavy atom. The van der Waals surface area contributed by atoms with E-state index in [1.807, 2.05) is 16.1 Å². The van der Waals surface area contributed by atoms with E-state index in [9.17, 15) is 22.8 Å². The van der Waals surface area contributed by atoms with Crippen LogP contribution >= 0.6 is 11.6 Å². The number of anilines is 1. The monoisotopic (exact) mass is 470 g/mol. The van der Waals surface area contributed by atoms with E-state index < -0.39 is 23.3 Å². The number of pyridine rings is 1. The van der Waals surface area contributed by atoms with Gasteiger partial charge in [-0.1, -0.05) is 11.6 Å².